The number of nitrogens with zero attached hydrogens (tertiary/aromatic N) is 1. The van der Waals surface area contributed by atoms with Crippen LogP contribution in [0.2, 0.25) is 0 Å². The van der Waals surface area contributed by atoms with Crippen molar-refractivity contribution >= 4 is 5.82 Å². The summed E-state index contributed by atoms with van der Waals surface area (Å²) in [5, 5.41) is 3.10. The second-order valence-corrected chi connectivity index (χ2v) is 4.30. The number of hydrogen-bond donors (Lipinski definition) is 1. The van der Waals surface area contributed by atoms with Crippen molar-refractivity contribution in [2.75, 3.05) is 5.32 Å². The van der Waals surface area contributed by atoms with Crippen molar-refractivity contribution in [2.45, 2.75) is 13.8 Å². The molecule has 1 heterocycles. The van der Waals surface area contributed by atoms with Crippen LogP contribution >= 0.6 is 0 Å². The predicted octanol–water partition coefficient (Wildman–Crippen LogP) is 4.14. The predicted molar refractivity (Wildman–Crippen MR) is 72.8 cm³/mol. The zero-order valence-electron chi connectivity index (χ0n) is 10.5. The first kappa shape index (κ1) is 12.3. The van der Waals surface area contributed by atoms with Crippen LogP contribution in [0.1, 0.15) is 12.5 Å². The Balaban J connectivity index is 2.33. The summed E-state index contributed by atoms with van der Waals surface area (Å²) in [5.41, 5.74) is 3.80. The number of pyridine rings is 1. The smallest absolute Gasteiger partial charge is 0.132 e. The minimum absolute atomic E-state index is 0.232. The lowest BCUT2D eigenvalue weighted by Gasteiger charge is -2.09. The summed E-state index contributed by atoms with van der Waals surface area (Å²) in [6, 6.07) is 8.41. The summed E-state index contributed by atoms with van der Waals surface area (Å²) in [5.74, 6) is 0.567. The van der Waals surface area contributed by atoms with Gasteiger partial charge in [0.25, 0.3) is 0 Å². The van der Waals surface area contributed by atoms with Crippen LogP contribution in [-0.4, -0.2) is 4.98 Å². The third-order valence-corrected chi connectivity index (χ3v) is 2.59. The molecule has 92 valence electrons. The molecule has 0 bridgehead atoms. The monoisotopic (exact) mass is 242 g/mol. The highest BCUT2D eigenvalue weighted by atomic mass is 19.1. The maximum absolute atomic E-state index is 12.9. The second-order valence-electron chi connectivity index (χ2n) is 4.30. The average Bonchev–Trinajstić information content (AvgIpc) is 2.32. The Morgan fingerprint density at radius 3 is 2.44 bits per heavy atom. The van der Waals surface area contributed by atoms with Gasteiger partial charge in [0.2, 0.25) is 0 Å². The summed E-state index contributed by atoms with van der Waals surface area (Å²) in [6.45, 7) is 7.65. The molecular formula is C15H15FN2. The summed E-state index contributed by atoms with van der Waals surface area (Å²) in [6.07, 6.45) is 1.77. The van der Waals surface area contributed by atoms with Crippen LogP contribution in [0.3, 0.4) is 0 Å². The standard InChI is InChI=1S/C15H15FN2/c1-10(2)18-15-11(3)8-13(9-17-15)12-4-6-14(16)7-5-12/h4-9H,1H2,2-3H3,(H,17,18). The normalized spacial score (nSPS) is 10.2. The zero-order chi connectivity index (χ0) is 13.1. The highest BCUT2D eigenvalue weighted by Crippen LogP contribution is 2.23. The molecule has 0 aliphatic rings. The molecule has 2 rings (SSSR count). The second kappa shape index (κ2) is 5.00. The number of nitrogens with one attached hydrogen (secondary N) is 1. The summed E-state index contributed by atoms with van der Waals surface area (Å²) in [7, 11) is 0. The van der Waals surface area contributed by atoms with Gasteiger partial charge in [0, 0.05) is 17.5 Å². The van der Waals surface area contributed by atoms with Crippen molar-refractivity contribution in [1.29, 1.82) is 0 Å². The van der Waals surface area contributed by atoms with Crippen molar-refractivity contribution in [3.05, 3.63) is 60.2 Å². The molecule has 3 heteroatoms. The van der Waals surface area contributed by atoms with Gasteiger partial charge in [0.1, 0.15) is 11.6 Å². The fraction of sp³-hybridized carbons (Fsp3) is 0.133. The largest absolute Gasteiger partial charge is 0.344 e. The highest BCUT2D eigenvalue weighted by molar-refractivity contribution is 5.65. The number of hydrogen-bond acceptors (Lipinski definition) is 2. The lowest BCUT2D eigenvalue weighted by Crippen LogP contribution is -1.99. The van der Waals surface area contributed by atoms with Crippen molar-refractivity contribution in [3.63, 3.8) is 0 Å². The van der Waals surface area contributed by atoms with Crippen LogP contribution in [0.25, 0.3) is 11.1 Å². The Morgan fingerprint density at radius 2 is 1.89 bits per heavy atom. The number of allylic oxidation sites excluding steroid dienone is 1. The van der Waals surface area contributed by atoms with E-state index in [0.29, 0.717) is 0 Å². The molecule has 1 N–H and O–H groups in total. The average molecular weight is 242 g/mol. The maximum Gasteiger partial charge on any atom is 0.132 e. The van der Waals surface area contributed by atoms with E-state index in [4.69, 9.17) is 0 Å². The van der Waals surface area contributed by atoms with E-state index in [2.05, 4.69) is 16.9 Å². The van der Waals surface area contributed by atoms with E-state index in [1.54, 1.807) is 18.3 Å². The van der Waals surface area contributed by atoms with Crippen molar-refractivity contribution in [3.8, 4) is 11.1 Å². The Bertz CT molecular complexity index is 574. The van der Waals surface area contributed by atoms with Gasteiger partial charge >= 0.3 is 0 Å². The van der Waals surface area contributed by atoms with Gasteiger partial charge in [-0.15, -0.1) is 0 Å². The topological polar surface area (TPSA) is 24.9 Å². The van der Waals surface area contributed by atoms with E-state index < -0.39 is 0 Å². The Hall–Kier alpha value is -2.16. The fourth-order valence-corrected chi connectivity index (χ4v) is 1.71. The van der Waals surface area contributed by atoms with Gasteiger partial charge in [0.15, 0.2) is 0 Å². The molecule has 2 aromatic rings. The summed E-state index contributed by atoms with van der Waals surface area (Å²) in [4.78, 5) is 4.35. The zero-order valence-corrected chi connectivity index (χ0v) is 10.5. The molecule has 0 atom stereocenters. The molecule has 0 saturated carbocycles. The molecule has 0 aliphatic carbocycles. The van der Waals surface area contributed by atoms with Gasteiger partial charge in [-0.1, -0.05) is 18.7 Å². The third-order valence-electron chi connectivity index (χ3n) is 2.59. The molecule has 0 spiro atoms. The SMILES string of the molecule is C=C(C)Nc1ncc(-c2ccc(F)cc2)cc1C. The van der Waals surface area contributed by atoms with Gasteiger partial charge in [-0.3, -0.25) is 0 Å². The number of aromatic nitrogens is 1. The summed E-state index contributed by atoms with van der Waals surface area (Å²) >= 11 is 0. The number of halogens is 1. The molecule has 0 radical (unpaired) electrons. The van der Waals surface area contributed by atoms with E-state index in [1.165, 1.54) is 12.1 Å². The summed E-state index contributed by atoms with van der Waals surface area (Å²) < 4.78 is 12.9. The van der Waals surface area contributed by atoms with Crippen LogP contribution < -0.4 is 5.32 Å². The molecule has 2 nitrogen and oxygen atoms in total. The Kier molecular flexibility index (Phi) is 3.42. The van der Waals surface area contributed by atoms with Crippen molar-refractivity contribution in [1.82, 2.24) is 4.98 Å². The van der Waals surface area contributed by atoms with Crippen LogP contribution in [-0.2, 0) is 0 Å². The van der Waals surface area contributed by atoms with Gasteiger partial charge in [-0.25, -0.2) is 9.37 Å². The van der Waals surface area contributed by atoms with Crippen LogP contribution in [0.4, 0.5) is 10.2 Å². The first-order valence-corrected chi connectivity index (χ1v) is 5.71. The van der Waals surface area contributed by atoms with E-state index in [9.17, 15) is 4.39 Å². The van der Waals surface area contributed by atoms with Crippen molar-refractivity contribution < 1.29 is 4.39 Å². The van der Waals surface area contributed by atoms with Gasteiger partial charge in [0.05, 0.1) is 0 Å². The molecule has 0 saturated heterocycles. The van der Waals surface area contributed by atoms with Gasteiger partial charge in [-0.2, -0.15) is 0 Å². The third kappa shape index (κ3) is 2.74. The van der Waals surface area contributed by atoms with Gasteiger partial charge in [-0.05, 0) is 43.2 Å². The Labute approximate surface area is 106 Å². The fourth-order valence-electron chi connectivity index (χ4n) is 1.71. The maximum atomic E-state index is 12.9. The van der Waals surface area contributed by atoms with E-state index in [0.717, 1.165) is 28.2 Å². The van der Waals surface area contributed by atoms with Crippen LogP contribution in [0.15, 0.2) is 48.8 Å². The molecule has 18 heavy (non-hydrogen) atoms. The highest BCUT2D eigenvalue weighted by Gasteiger charge is 2.03. The first-order chi connectivity index (χ1) is 8.56. The van der Waals surface area contributed by atoms with E-state index in [-0.39, 0.29) is 5.82 Å². The van der Waals surface area contributed by atoms with Crippen LogP contribution in [0, 0.1) is 12.7 Å². The molecule has 1 aromatic carbocycles. The molecule has 1 aromatic heterocycles. The number of rotatable bonds is 3. The quantitative estimate of drug-likeness (QED) is 0.874. The lowest BCUT2D eigenvalue weighted by atomic mass is 10.1. The Morgan fingerprint density at radius 1 is 1.22 bits per heavy atom. The minimum atomic E-state index is -0.232. The molecule has 0 unspecified atom stereocenters. The van der Waals surface area contributed by atoms with Gasteiger partial charge < -0.3 is 5.32 Å². The molecule has 0 aliphatic heterocycles. The molecule has 0 fully saturated rings. The van der Waals surface area contributed by atoms with E-state index >= 15 is 0 Å². The first-order valence-electron chi connectivity index (χ1n) is 5.71. The lowest BCUT2D eigenvalue weighted by molar-refractivity contribution is 0.628. The molecular weight excluding hydrogens is 227 g/mol. The molecule has 0 amide bonds. The van der Waals surface area contributed by atoms with Crippen molar-refractivity contribution in [2.24, 2.45) is 0 Å². The number of aryl methyl sites for hydroxylation is 1. The van der Waals surface area contributed by atoms with Crippen LogP contribution in [0.5, 0.6) is 0 Å². The number of anilines is 1. The minimum Gasteiger partial charge on any atom is -0.344 e. The number of benzene rings is 1. The van der Waals surface area contributed by atoms with E-state index in [1.807, 2.05) is 19.9 Å².